The Kier molecular flexibility index (Phi) is 7.69. The molecule has 0 aliphatic carbocycles. The molecule has 8 nitrogen and oxygen atoms in total. The number of hydrogen-bond acceptors (Lipinski definition) is 6. The van der Waals surface area contributed by atoms with Crippen molar-refractivity contribution in [2.24, 2.45) is 0 Å². The fourth-order valence-corrected chi connectivity index (χ4v) is 5.02. The van der Waals surface area contributed by atoms with Gasteiger partial charge in [0, 0.05) is 30.4 Å². The van der Waals surface area contributed by atoms with Crippen molar-refractivity contribution in [2.45, 2.75) is 25.4 Å². The molecule has 198 valence electrons. The summed E-state index contributed by atoms with van der Waals surface area (Å²) in [7, 11) is 1.35. The number of thiocarbonyl (C=S) groups is 1. The Morgan fingerprint density at radius 3 is 2.67 bits per heavy atom. The SMILES string of the molecule is COC(=O)c1cccc(-c2ccc([C@H]3[C@H](c4ccccn4)NC(=S)N3CCC(=O)Nc3ccccc3C)o2)c1. The molecule has 0 bridgehead atoms. The Bertz CT molecular complexity index is 1500. The number of rotatable bonds is 8. The molecule has 1 aliphatic heterocycles. The molecule has 2 aromatic carbocycles. The summed E-state index contributed by atoms with van der Waals surface area (Å²) in [5, 5.41) is 6.88. The van der Waals surface area contributed by atoms with E-state index in [1.54, 1.807) is 24.4 Å². The molecular weight excluding hydrogens is 512 g/mol. The zero-order valence-electron chi connectivity index (χ0n) is 21.6. The molecule has 1 aliphatic rings. The van der Waals surface area contributed by atoms with Crippen LogP contribution in [0, 0.1) is 6.92 Å². The Morgan fingerprint density at radius 2 is 1.90 bits per heavy atom. The molecule has 2 atom stereocenters. The average molecular weight is 541 g/mol. The first kappa shape index (κ1) is 26.1. The van der Waals surface area contributed by atoms with E-state index in [4.69, 9.17) is 21.4 Å². The lowest BCUT2D eigenvalue weighted by atomic mass is 10.0. The van der Waals surface area contributed by atoms with Crippen molar-refractivity contribution in [3.05, 3.63) is 108 Å². The topological polar surface area (TPSA) is 96.7 Å². The summed E-state index contributed by atoms with van der Waals surface area (Å²) in [6.07, 6.45) is 1.97. The maximum absolute atomic E-state index is 12.8. The van der Waals surface area contributed by atoms with Crippen LogP contribution in [-0.4, -0.2) is 40.5 Å². The third-order valence-electron chi connectivity index (χ3n) is 6.68. The smallest absolute Gasteiger partial charge is 0.337 e. The number of aromatic nitrogens is 1. The summed E-state index contributed by atoms with van der Waals surface area (Å²) in [6.45, 7) is 2.34. The minimum atomic E-state index is -0.417. The molecule has 9 heteroatoms. The largest absolute Gasteiger partial charge is 0.465 e. The summed E-state index contributed by atoms with van der Waals surface area (Å²) in [5.74, 6) is 0.743. The van der Waals surface area contributed by atoms with Crippen LogP contribution in [0.4, 0.5) is 5.69 Å². The van der Waals surface area contributed by atoms with Crippen LogP contribution >= 0.6 is 12.2 Å². The number of anilines is 1. The lowest BCUT2D eigenvalue weighted by molar-refractivity contribution is -0.116. The Balaban J connectivity index is 1.41. The molecule has 2 N–H and O–H groups in total. The zero-order valence-corrected chi connectivity index (χ0v) is 22.4. The molecule has 1 amide bonds. The quantitative estimate of drug-likeness (QED) is 0.225. The number of furan rings is 1. The van der Waals surface area contributed by atoms with Crippen molar-refractivity contribution < 1.29 is 18.7 Å². The van der Waals surface area contributed by atoms with Gasteiger partial charge in [-0.15, -0.1) is 0 Å². The Morgan fingerprint density at radius 1 is 1.08 bits per heavy atom. The van der Waals surface area contributed by atoms with Crippen molar-refractivity contribution in [3.63, 3.8) is 0 Å². The van der Waals surface area contributed by atoms with Crippen LogP contribution in [0.1, 0.15) is 45.9 Å². The highest BCUT2D eigenvalue weighted by Gasteiger charge is 2.41. The molecule has 39 heavy (non-hydrogen) atoms. The number of carbonyl (C=O) groups excluding carboxylic acids is 2. The van der Waals surface area contributed by atoms with Crippen molar-refractivity contribution >= 4 is 34.9 Å². The van der Waals surface area contributed by atoms with Gasteiger partial charge in [0.2, 0.25) is 5.91 Å². The van der Waals surface area contributed by atoms with E-state index in [0.29, 0.717) is 28.7 Å². The molecule has 0 spiro atoms. The van der Waals surface area contributed by atoms with Gasteiger partial charge < -0.3 is 24.7 Å². The number of nitrogens with one attached hydrogen (secondary N) is 2. The van der Waals surface area contributed by atoms with E-state index in [1.165, 1.54) is 7.11 Å². The molecular formula is C30H28N4O4S. The van der Waals surface area contributed by atoms with Gasteiger partial charge in [-0.1, -0.05) is 36.4 Å². The van der Waals surface area contributed by atoms with Crippen molar-refractivity contribution in [1.82, 2.24) is 15.2 Å². The standard InChI is InChI=1S/C30H28N4O4S/c1-19-8-3-4-11-22(19)32-26(35)15-17-34-28(27(33-30(34)39)23-12-5-6-16-31-23)25-14-13-24(38-25)20-9-7-10-21(18-20)29(36)37-2/h3-14,16,18,27-28H,15,17H2,1-2H3,(H,32,35)(H,33,39)/t27-,28-/m0/s1. The molecule has 0 unspecified atom stereocenters. The van der Waals surface area contributed by atoms with Crippen molar-refractivity contribution in [3.8, 4) is 11.3 Å². The highest BCUT2D eigenvalue weighted by Crippen LogP contribution is 2.40. The van der Waals surface area contributed by atoms with E-state index in [2.05, 4.69) is 15.6 Å². The van der Waals surface area contributed by atoms with E-state index in [9.17, 15) is 9.59 Å². The second kappa shape index (κ2) is 11.5. The van der Waals surface area contributed by atoms with Crippen LogP contribution in [0.25, 0.3) is 11.3 Å². The molecule has 0 radical (unpaired) electrons. The van der Waals surface area contributed by atoms with Crippen LogP contribution < -0.4 is 10.6 Å². The number of amides is 1. The molecule has 3 heterocycles. The highest BCUT2D eigenvalue weighted by atomic mass is 32.1. The number of esters is 1. The van der Waals surface area contributed by atoms with Gasteiger partial charge in [-0.3, -0.25) is 9.78 Å². The van der Waals surface area contributed by atoms with Gasteiger partial charge in [-0.05, 0) is 67.2 Å². The second-order valence-electron chi connectivity index (χ2n) is 9.21. The number of methoxy groups -OCH3 is 1. The number of carbonyl (C=O) groups is 2. The predicted molar refractivity (Wildman–Crippen MR) is 152 cm³/mol. The van der Waals surface area contributed by atoms with Crippen LogP contribution in [-0.2, 0) is 9.53 Å². The minimum Gasteiger partial charge on any atom is -0.465 e. The molecule has 5 rings (SSSR count). The van der Waals surface area contributed by atoms with Crippen LogP contribution in [0.15, 0.2) is 89.5 Å². The summed E-state index contributed by atoms with van der Waals surface area (Å²) in [4.78, 5) is 31.4. The van der Waals surface area contributed by atoms with Gasteiger partial charge in [0.05, 0.1) is 24.4 Å². The summed E-state index contributed by atoms with van der Waals surface area (Å²) in [6, 6.07) is 23.6. The van der Waals surface area contributed by atoms with Gasteiger partial charge in [-0.2, -0.15) is 0 Å². The number of nitrogens with zero attached hydrogens (tertiary/aromatic N) is 2. The molecule has 2 aromatic heterocycles. The lowest BCUT2D eigenvalue weighted by Gasteiger charge is -2.26. The number of pyridine rings is 1. The Labute approximate surface area is 232 Å². The fraction of sp³-hybridized carbons (Fsp3) is 0.200. The first-order chi connectivity index (χ1) is 18.9. The monoisotopic (exact) mass is 540 g/mol. The van der Waals surface area contributed by atoms with E-state index in [1.807, 2.05) is 72.5 Å². The van der Waals surface area contributed by atoms with E-state index in [0.717, 1.165) is 22.5 Å². The number of benzene rings is 2. The molecule has 0 saturated carbocycles. The van der Waals surface area contributed by atoms with Crippen molar-refractivity contribution in [2.75, 3.05) is 19.0 Å². The second-order valence-corrected chi connectivity index (χ2v) is 9.59. The maximum atomic E-state index is 12.8. The minimum absolute atomic E-state index is 0.105. The van der Waals surface area contributed by atoms with E-state index >= 15 is 0 Å². The van der Waals surface area contributed by atoms with Gasteiger partial charge in [0.15, 0.2) is 5.11 Å². The number of hydrogen-bond donors (Lipinski definition) is 2. The lowest BCUT2D eigenvalue weighted by Crippen LogP contribution is -2.32. The molecule has 1 saturated heterocycles. The van der Waals surface area contributed by atoms with Gasteiger partial charge in [0.1, 0.15) is 17.6 Å². The Hall–Kier alpha value is -4.50. The van der Waals surface area contributed by atoms with E-state index in [-0.39, 0.29) is 24.4 Å². The number of ether oxygens (including phenoxy) is 1. The van der Waals surface area contributed by atoms with Gasteiger partial charge >= 0.3 is 5.97 Å². The van der Waals surface area contributed by atoms with Crippen LogP contribution in [0.2, 0.25) is 0 Å². The maximum Gasteiger partial charge on any atom is 0.337 e. The average Bonchev–Trinajstić information content (AvgIpc) is 3.58. The summed E-state index contributed by atoms with van der Waals surface area (Å²) in [5.41, 5.74) is 3.77. The normalized spacial score (nSPS) is 16.6. The zero-order chi connectivity index (χ0) is 27.4. The van der Waals surface area contributed by atoms with Crippen molar-refractivity contribution in [1.29, 1.82) is 0 Å². The van der Waals surface area contributed by atoms with Gasteiger partial charge in [-0.25, -0.2) is 4.79 Å². The fourth-order valence-electron chi connectivity index (χ4n) is 4.69. The number of aryl methyl sites for hydroxylation is 1. The van der Waals surface area contributed by atoms with Gasteiger partial charge in [0.25, 0.3) is 0 Å². The van der Waals surface area contributed by atoms with Crippen LogP contribution in [0.3, 0.4) is 0 Å². The third-order valence-corrected chi connectivity index (χ3v) is 7.04. The number of para-hydroxylation sites is 1. The molecule has 4 aromatic rings. The first-order valence-corrected chi connectivity index (χ1v) is 13.0. The summed E-state index contributed by atoms with van der Waals surface area (Å²) < 4.78 is 11.2. The first-order valence-electron chi connectivity index (χ1n) is 12.6. The molecule has 1 fully saturated rings. The van der Waals surface area contributed by atoms with E-state index < -0.39 is 5.97 Å². The summed E-state index contributed by atoms with van der Waals surface area (Å²) >= 11 is 5.72. The van der Waals surface area contributed by atoms with Crippen LogP contribution in [0.5, 0.6) is 0 Å². The highest BCUT2D eigenvalue weighted by molar-refractivity contribution is 7.80. The third kappa shape index (κ3) is 5.68. The predicted octanol–water partition coefficient (Wildman–Crippen LogP) is 5.44.